The molecule has 2 fully saturated rings. The molecule has 4 heteroatoms. The molecule has 0 aromatic heterocycles. The van der Waals surface area contributed by atoms with Crippen molar-refractivity contribution in [3.8, 4) is 0 Å². The minimum absolute atomic E-state index is 0. The topological polar surface area (TPSA) is 20.6 Å². The number of rotatable bonds is 0. The van der Waals surface area contributed by atoms with E-state index in [4.69, 9.17) is 0 Å². The van der Waals surface area contributed by atoms with Crippen molar-refractivity contribution in [2.45, 2.75) is 19.9 Å². The minimum atomic E-state index is 0. The maximum Gasteiger partial charge on any atom is 0.0119 e. The van der Waals surface area contributed by atoms with Gasteiger partial charge in [0.05, 0.1) is 0 Å². The van der Waals surface area contributed by atoms with Gasteiger partial charge in [-0.05, 0) is 13.6 Å². The van der Waals surface area contributed by atoms with Crippen LogP contribution in [0.4, 0.5) is 0 Å². The van der Waals surface area contributed by atoms with Crippen molar-refractivity contribution in [1.29, 1.82) is 0 Å². The molecule has 2 aliphatic heterocycles. The van der Waals surface area contributed by atoms with Gasteiger partial charge in [-0.1, -0.05) is 13.8 Å². The van der Waals surface area contributed by atoms with Crippen LogP contribution in [0.5, 0.6) is 0 Å². The summed E-state index contributed by atoms with van der Waals surface area (Å²) < 4.78 is 0. The average molecular weight is 273 g/mol. The number of likely N-dealkylation sites (N-methyl/N-ethyl adjacent to an activating group) is 1. The molecule has 2 heterocycles. The van der Waals surface area contributed by atoms with Gasteiger partial charge in [-0.2, -0.15) is 0 Å². The molecule has 2 rings (SSSR count). The van der Waals surface area contributed by atoms with Crippen LogP contribution in [0, 0.1) is 0 Å². The molecule has 0 saturated carbocycles. The van der Waals surface area contributed by atoms with Gasteiger partial charge in [-0.15, -0.1) is 13.1 Å². The van der Waals surface area contributed by atoms with Crippen LogP contribution in [-0.2, 0) is 32.7 Å². The largest absolute Gasteiger partial charge is 0.660 e. The third kappa shape index (κ3) is 4.23. The van der Waals surface area contributed by atoms with Crippen molar-refractivity contribution in [2.75, 3.05) is 46.3 Å². The molecule has 0 N–H and O–H groups in total. The first-order valence-corrected chi connectivity index (χ1v) is 5.42. The molecular formula is C10H22N3Y-. The Kier molecular flexibility index (Phi) is 8.75. The normalized spacial score (nSPS) is 28.1. The zero-order valence-electron chi connectivity index (χ0n) is 9.74. The van der Waals surface area contributed by atoms with Crippen molar-refractivity contribution >= 4 is 0 Å². The third-order valence-electron chi connectivity index (χ3n) is 2.69. The molecule has 0 aromatic carbocycles. The first-order valence-electron chi connectivity index (χ1n) is 5.42. The van der Waals surface area contributed by atoms with Gasteiger partial charge in [-0.25, -0.2) is 0 Å². The Labute approximate surface area is 113 Å². The van der Waals surface area contributed by atoms with Crippen LogP contribution in [-0.4, -0.2) is 62.2 Å². The Morgan fingerprint density at radius 2 is 1.86 bits per heavy atom. The molecule has 3 nitrogen and oxygen atoms in total. The smallest absolute Gasteiger partial charge is 0.0119 e. The van der Waals surface area contributed by atoms with Crippen molar-refractivity contribution in [3.63, 3.8) is 0 Å². The fraction of sp³-hybridized carbons (Fsp3) is 1.00. The summed E-state index contributed by atoms with van der Waals surface area (Å²) in [7, 11) is 2.20. The molecule has 81 valence electrons. The van der Waals surface area contributed by atoms with Crippen molar-refractivity contribution in [1.82, 2.24) is 9.80 Å². The fourth-order valence-electron chi connectivity index (χ4n) is 1.96. The monoisotopic (exact) mass is 273 g/mol. The van der Waals surface area contributed by atoms with Gasteiger partial charge in [-0.3, -0.25) is 0 Å². The Morgan fingerprint density at radius 1 is 1.14 bits per heavy atom. The first kappa shape index (κ1) is 15.0. The van der Waals surface area contributed by atoms with E-state index in [1.165, 1.54) is 26.2 Å². The minimum Gasteiger partial charge on any atom is -0.660 e. The van der Waals surface area contributed by atoms with Gasteiger partial charge in [0.15, 0.2) is 0 Å². The summed E-state index contributed by atoms with van der Waals surface area (Å²) in [5.41, 5.74) is 0. The fourth-order valence-corrected chi connectivity index (χ4v) is 1.96. The van der Waals surface area contributed by atoms with Gasteiger partial charge >= 0.3 is 0 Å². The molecule has 0 amide bonds. The van der Waals surface area contributed by atoms with E-state index in [0.717, 1.165) is 19.1 Å². The first-order chi connectivity index (χ1) is 6.36. The van der Waals surface area contributed by atoms with E-state index in [1.807, 2.05) is 13.8 Å². The quantitative estimate of drug-likeness (QED) is 0.656. The summed E-state index contributed by atoms with van der Waals surface area (Å²) in [6.45, 7) is 11.0. The second-order valence-electron chi connectivity index (χ2n) is 3.58. The summed E-state index contributed by atoms with van der Waals surface area (Å²) >= 11 is 0. The number of nitrogens with zero attached hydrogens (tertiary/aromatic N) is 3. The average Bonchev–Trinajstić information content (AvgIpc) is 2.21. The molecule has 0 bridgehead atoms. The molecule has 0 aromatic rings. The number of fused-ring (bicyclic) bond motifs is 1. The van der Waals surface area contributed by atoms with Crippen LogP contribution in [0.1, 0.15) is 13.8 Å². The van der Waals surface area contributed by atoms with E-state index in [2.05, 4.69) is 22.2 Å². The van der Waals surface area contributed by atoms with Crippen LogP contribution >= 0.6 is 0 Å². The summed E-state index contributed by atoms with van der Waals surface area (Å²) in [4.78, 5) is 4.98. The zero-order valence-corrected chi connectivity index (χ0v) is 12.6. The Morgan fingerprint density at radius 3 is 2.57 bits per heavy atom. The van der Waals surface area contributed by atoms with E-state index in [0.29, 0.717) is 0 Å². The van der Waals surface area contributed by atoms with E-state index in [-0.39, 0.29) is 32.7 Å². The van der Waals surface area contributed by atoms with E-state index in [1.54, 1.807) is 0 Å². The van der Waals surface area contributed by atoms with Crippen molar-refractivity contribution in [2.24, 2.45) is 0 Å². The molecule has 2 saturated heterocycles. The molecule has 1 radical (unpaired) electrons. The SMILES string of the molecule is CC.CN1CCN2CC[N-]CC2C1.[Y]. The van der Waals surface area contributed by atoms with Crippen LogP contribution in [0.2, 0.25) is 0 Å². The maximum atomic E-state index is 4.43. The Hall–Kier alpha value is 0.984. The summed E-state index contributed by atoms with van der Waals surface area (Å²) in [6, 6.07) is 0.725. The molecule has 1 unspecified atom stereocenters. The van der Waals surface area contributed by atoms with E-state index < -0.39 is 0 Å². The molecule has 2 aliphatic rings. The second kappa shape index (κ2) is 8.17. The number of piperazine rings is 2. The van der Waals surface area contributed by atoms with Crippen molar-refractivity contribution < 1.29 is 32.7 Å². The van der Waals surface area contributed by atoms with E-state index >= 15 is 0 Å². The van der Waals surface area contributed by atoms with Crippen molar-refractivity contribution in [3.05, 3.63) is 5.32 Å². The number of hydrogen-bond donors (Lipinski definition) is 0. The van der Waals surface area contributed by atoms with Crippen LogP contribution in [0.15, 0.2) is 0 Å². The second-order valence-corrected chi connectivity index (χ2v) is 3.58. The Balaban J connectivity index is 0.000000531. The van der Waals surface area contributed by atoms with Gasteiger partial charge in [0, 0.05) is 58.4 Å². The molecule has 14 heavy (non-hydrogen) atoms. The van der Waals surface area contributed by atoms with Crippen LogP contribution in [0.25, 0.3) is 5.32 Å². The zero-order chi connectivity index (χ0) is 9.68. The third-order valence-corrected chi connectivity index (χ3v) is 2.69. The predicted molar refractivity (Wildman–Crippen MR) is 57.3 cm³/mol. The van der Waals surface area contributed by atoms with Gasteiger partial charge < -0.3 is 15.1 Å². The molecule has 0 aliphatic carbocycles. The number of hydrogen-bond acceptors (Lipinski definition) is 2. The Bertz CT molecular complexity index is 143. The maximum absolute atomic E-state index is 4.43. The van der Waals surface area contributed by atoms with Gasteiger partial charge in [0.1, 0.15) is 0 Å². The summed E-state index contributed by atoms with van der Waals surface area (Å²) in [5, 5.41) is 4.43. The van der Waals surface area contributed by atoms with Gasteiger partial charge in [0.2, 0.25) is 0 Å². The van der Waals surface area contributed by atoms with Crippen LogP contribution in [0.3, 0.4) is 0 Å². The van der Waals surface area contributed by atoms with E-state index in [9.17, 15) is 0 Å². The molecule has 0 spiro atoms. The summed E-state index contributed by atoms with van der Waals surface area (Å²) in [6.07, 6.45) is 0. The van der Waals surface area contributed by atoms with Crippen LogP contribution < -0.4 is 0 Å². The predicted octanol–water partition coefficient (Wildman–Crippen LogP) is 1.01. The molecule has 1 atom stereocenters. The standard InChI is InChI=1S/C8H16N3.C2H6.Y/c1-10-4-5-11-3-2-9-6-8(11)7-10;1-2;/h8H,2-7H2,1H3;1-2H3;/q-1;;. The molecular weight excluding hydrogens is 251 g/mol. The summed E-state index contributed by atoms with van der Waals surface area (Å²) in [5.74, 6) is 0. The van der Waals surface area contributed by atoms with Gasteiger partial charge in [0.25, 0.3) is 0 Å².